The summed E-state index contributed by atoms with van der Waals surface area (Å²) in [5.41, 5.74) is 2.08. The fourth-order valence-corrected chi connectivity index (χ4v) is 2.08. The number of ether oxygens (including phenoxy) is 1. The average molecular weight is 285 g/mol. The SMILES string of the molecule is COc1ccc(C)cc1C(C)NC(=O)/C=C/c1ccco1. The summed E-state index contributed by atoms with van der Waals surface area (Å²) in [4.78, 5) is 11.9. The first kappa shape index (κ1) is 14.9. The minimum Gasteiger partial charge on any atom is -0.496 e. The van der Waals surface area contributed by atoms with E-state index in [1.807, 2.05) is 32.0 Å². The Labute approximate surface area is 124 Å². The summed E-state index contributed by atoms with van der Waals surface area (Å²) in [6.45, 7) is 3.93. The monoisotopic (exact) mass is 285 g/mol. The Kier molecular flexibility index (Phi) is 4.82. The molecular formula is C17H19NO3. The van der Waals surface area contributed by atoms with Gasteiger partial charge in [-0.05, 0) is 38.1 Å². The number of aryl methyl sites for hydroxylation is 1. The van der Waals surface area contributed by atoms with Gasteiger partial charge in [0.1, 0.15) is 11.5 Å². The highest BCUT2D eigenvalue weighted by Crippen LogP contribution is 2.25. The molecule has 4 heteroatoms. The van der Waals surface area contributed by atoms with E-state index in [1.165, 1.54) is 6.08 Å². The summed E-state index contributed by atoms with van der Waals surface area (Å²) in [6.07, 6.45) is 4.66. The molecule has 2 rings (SSSR count). The lowest BCUT2D eigenvalue weighted by atomic mass is 10.0. The zero-order chi connectivity index (χ0) is 15.2. The fourth-order valence-electron chi connectivity index (χ4n) is 2.08. The Morgan fingerprint density at radius 2 is 2.19 bits per heavy atom. The average Bonchev–Trinajstić information content (AvgIpc) is 2.98. The molecule has 0 aliphatic carbocycles. The van der Waals surface area contributed by atoms with E-state index in [9.17, 15) is 4.79 Å². The van der Waals surface area contributed by atoms with Crippen LogP contribution in [0.25, 0.3) is 6.08 Å². The third kappa shape index (κ3) is 3.99. The van der Waals surface area contributed by atoms with E-state index < -0.39 is 0 Å². The summed E-state index contributed by atoms with van der Waals surface area (Å²) < 4.78 is 10.5. The van der Waals surface area contributed by atoms with E-state index >= 15 is 0 Å². The van der Waals surface area contributed by atoms with Gasteiger partial charge in [-0.1, -0.05) is 17.7 Å². The van der Waals surface area contributed by atoms with E-state index in [2.05, 4.69) is 5.32 Å². The van der Waals surface area contributed by atoms with Crippen LogP contribution in [0.5, 0.6) is 5.75 Å². The normalized spacial score (nSPS) is 12.3. The molecule has 1 aromatic carbocycles. The fraction of sp³-hybridized carbons (Fsp3) is 0.235. The molecule has 0 spiro atoms. The lowest BCUT2D eigenvalue weighted by molar-refractivity contribution is -0.117. The van der Waals surface area contributed by atoms with Gasteiger partial charge in [-0.3, -0.25) is 4.79 Å². The van der Waals surface area contributed by atoms with Crippen molar-refractivity contribution in [3.8, 4) is 5.75 Å². The second-order valence-electron chi connectivity index (χ2n) is 4.82. The molecule has 110 valence electrons. The van der Waals surface area contributed by atoms with Crippen LogP contribution in [0, 0.1) is 6.92 Å². The molecule has 1 N–H and O–H groups in total. The van der Waals surface area contributed by atoms with Crippen LogP contribution in [0.15, 0.2) is 47.1 Å². The zero-order valence-corrected chi connectivity index (χ0v) is 12.4. The lowest BCUT2D eigenvalue weighted by Gasteiger charge is -2.17. The Morgan fingerprint density at radius 1 is 1.38 bits per heavy atom. The molecule has 1 aromatic heterocycles. The molecule has 0 fully saturated rings. The van der Waals surface area contributed by atoms with Crippen molar-refractivity contribution < 1.29 is 13.9 Å². The third-order valence-electron chi connectivity index (χ3n) is 3.15. The van der Waals surface area contributed by atoms with Gasteiger partial charge in [0.25, 0.3) is 0 Å². The summed E-state index contributed by atoms with van der Waals surface area (Å²) in [6, 6.07) is 9.32. The predicted molar refractivity (Wildman–Crippen MR) is 82.0 cm³/mol. The van der Waals surface area contributed by atoms with E-state index in [-0.39, 0.29) is 11.9 Å². The molecule has 21 heavy (non-hydrogen) atoms. The Morgan fingerprint density at radius 3 is 2.86 bits per heavy atom. The molecule has 2 aromatic rings. The van der Waals surface area contributed by atoms with Crippen molar-refractivity contribution in [2.45, 2.75) is 19.9 Å². The van der Waals surface area contributed by atoms with Crippen LogP contribution >= 0.6 is 0 Å². The molecule has 0 saturated heterocycles. The molecule has 4 nitrogen and oxygen atoms in total. The van der Waals surface area contributed by atoms with Crippen LogP contribution < -0.4 is 10.1 Å². The number of furan rings is 1. The van der Waals surface area contributed by atoms with Gasteiger partial charge in [-0.25, -0.2) is 0 Å². The van der Waals surface area contributed by atoms with E-state index in [1.54, 1.807) is 31.6 Å². The molecule has 0 aliphatic rings. The molecule has 0 aliphatic heterocycles. The summed E-state index contributed by atoms with van der Waals surface area (Å²) in [5, 5.41) is 2.91. The first-order valence-electron chi connectivity index (χ1n) is 6.77. The third-order valence-corrected chi connectivity index (χ3v) is 3.15. The van der Waals surface area contributed by atoms with Gasteiger partial charge in [-0.15, -0.1) is 0 Å². The number of methoxy groups -OCH3 is 1. The molecule has 1 atom stereocenters. The molecule has 0 saturated carbocycles. The minimum atomic E-state index is -0.178. The lowest BCUT2D eigenvalue weighted by Crippen LogP contribution is -2.25. The summed E-state index contributed by atoms with van der Waals surface area (Å²) in [7, 11) is 1.62. The maximum absolute atomic E-state index is 11.9. The molecule has 0 bridgehead atoms. The number of rotatable bonds is 5. The predicted octanol–water partition coefficient (Wildman–Crippen LogP) is 3.49. The summed E-state index contributed by atoms with van der Waals surface area (Å²) >= 11 is 0. The number of carbonyl (C=O) groups is 1. The first-order valence-corrected chi connectivity index (χ1v) is 6.77. The van der Waals surface area contributed by atoms with Crippen molar-refractivity contribution >= 4 is 12.0 Å². The molecule has 1 amide bonds. The van der Waals surface area contributed by atoms with Crippen molar-refractivity contribution in [1.29, 1.82) is 0 Å². The van der Waals surface area contributed by atoms with E-state index in [0.717, 1.165) is 16.9 Å². The number of hydrogen-bond acceptors (Lipinski definition) is 3. The number of carbonyl (C=O) groups excluding carboxylic acids is 1. The van der Waals surface area contributed by atoms with Gasteiger partial charge in [0.2, 0.25) is 5.91 Å². The Bertz CT molecular complexity index is 629. The van der Waals surface area contributed by atoms with Crippen LogP contribution in [-0.4, -0.2) is 13.0 Å². The topological polar surface area (TPSA) is 51.5 Å². The Hall–Kier alpha value is -2.49. The molecule has 1 heterocycles. The molecular weight excluding hydrogens is 266 g/mol. The van der Waals surface area contributed by atoms with Crippen LogP contribution in [0.2, 0.25) is 0 Å². The summed E-state index contributed by atoms with van der Waals surface area (Å²) in [5.74, 6) is 1.23. The zero-order valence-electron chi connectivity index (χ0n) is 12.4. The maximum atomic E-state index is 11.9. The van der Waals surface area contributed by atoms with Gasteiger partial charge < -0.3 is 14.5 Å². The second-order valence-corrected chi connectivity index (χ2v) is 4.82. The van der Waals surface area contributed by atoms with Crippen molar-refractivity contribution in [2.75, 3.05) is 7.11 Å². The van der Waals surface area contributed by atoms with E-state index in [4.69, 9.17) is 9.15 Å². The smallest absolute Gasteiger partial charge is 0.244 e. The highest BCUT2D eigenvalue weighted by molar-refractivity contribution is 5.91. The number of benzene rings is 1. The highest BCUT2D eigenvalue weighted by Gasteiger charge is 2.13. The maximum Gasteiger partial charge on any atom is 0.244 e. The van der Waals surface area contributed by atoms with Crippen LogP contribution in [-0.2, 0) is 4.79 Å². The largest absolute Gasteiger partial charge is 0.496 e. The van der Waals surface area contributed by atoms with Crippen molar-refractivity contribution in [3.63, 3.8) is 0 Å². The number of nitrogens with one attached hydrogen (secondary N) is 1. The standard InChI is InChI=1S/C17H19NO3/c1-12-6-8-16(20-3)15(11-12)13(2)18-17(19)9-7-14-5-4-10-21-14/h4-11,13H,1-3H3,(H,18,19)/b9-7+. The van der Waals surface area contributed by atoms with Gasteiger partial charge in [-0.2, -0.15) is 0 Å². The quantitative estimate of drug-likeness (QED) is 0.856. The van der Waals surface area contributed by atoms with Gasteiger partial charge in [0, 0.05) is 11.6 Å². The number of amides is 1. The van der Waals surface area contributed by atoms with Crippen molar-refractivity contribution in [2.24, 2.45) is 0 Å². The van der Waals surface area contributed by atoms with Gasteiger partial charge in [0.15, 0.2) is 0 Å². The van der Waals surface area contributed by atoms with Crippen LogP contribution in [0.1, 0.15) is 29.9 Å². The second kappa shape index (κ2) is 6.79. The molecule has 1 unspecified atom stereocenters. The van der Waals surface area contributed by atoms with Crippen molar-refractivity contribution in [3.05, 3.63) is 59.6 Å². The van der Waals surface area contributed by atoms with Crippen molar-refractivity contribution in [1.82, 2.24) is 5.32 Å². The van der Waals surface area contributed by atoms with E-state index in [0.29, 0.717) is 5.76 Å². The molecule has 0 radical (unpaired) electrons. The minimum absolute atomic E-state index is 0.145. The van der Waals surface area contributed by atoms with Gasteiger partial charge in [0.05, 0.1) is 19.4 Å². The first-order chi connectivity index (χ1) is 10.1. The van der Waals surface area contributed by atoms with Crippen LogP contribution in [0.4, 0.5) is 0 Å². The van der Waals surface area contributed by atoms with Gasteiger partial charge >= 0.3 is 0 Å². The highest BCUT2D eigenvalue weighted by atomic mass is 16.5. The number of hydrogen-bond donors (Lipinski definition) is 1. The van der Waals surface area contributed by atoms with Crippen LogP contribution in [0.3, 0.4) is 0 Å². The Balaban J connectivity index is 2.05.